The van der Waals surface area contributed by atoms with Crippen molar-refractivity contribution in [2.75, 3.05) is 11.8 Å². The van der Waals surface area contributed by atoms with Crippen LogP contribution < -0.4 is 10.5 Å². The molecule has 0 fully saturated rings. The lowest BCUT2D eigenvalue weighted by atomic mass is 9.92. The van der Waals surface area contributed by atoms with Crippen LogP contribution in [0.2, 0.25) is 0 Å². The first-order valence-corrected chi connectivity index (χ1v) is 11.8. The quantitative estimate of drug-likeness (QED) is 0.175. The Labute approximate surface area is 201 Å². The SMILES string of the molecule is CCC(C(=O)N(Cc1cccc(C(=N)N)c1)OC)c1ccc(-c2ccccc2)c(NS(=O)[O-])c1. The van der Waals surface area contributed by atoms with Gasteiger partial charge in [0.05, 0.1) is 25.3 Å². The number of hydrogen-bond donors (Lipinski definition) is 3. The van der Waals surface area contributed by atoms with E-state index in [4.69, 9.17) is 16.0 Å². The van der Waals surface area contributed by atoms with Gasteiger partial charge in [0.2, 0.25) is 0 Å². The Morgan fingerprint density at radius 2 is 1.88 bits per heavy atom. The smallest absolute Gasteiger partial charge is 0.253 e. The first-order chi connectivity index (χ1) is 16.3. The number of carbonyl (C=O) groups is 1. The maximum atomic E-state index is 13.4. The van der Waals surface area contributed by atoms with Crippen molar-refractivity contribution in [2.45, 2.75) is 25.8 Å². The zero-order chi connectivity index (χ0) is 24.7. The molecular weight excluding hydrogens is 452 g/mol. The predicted molar refractivity (Wildman–Crippen MR) is 132 cm³/mol. The Hall–Kier alpha value is -3.53. The molecule has 178 valence electrons. The number of nitrogen functional groups attached to an aromatic ring is 1. The van der Waals surface area contributed by atoms with Gasteiger partial charge in [-0.25, -0.2) is 5.06 Å². The number of carbonyl (C=O) groups excluding carboxylic acids is 1. The van der Waals surface area contributed by atoms with Crippen molar-refractivity contribution < 1.29 is 18.4 Å². The topological polar surface area (TPSA) is 132 Å². The first kappa shape index (κ1) is 25.1. The van der Waals surface area contributed by atoms with Crippen molar-refractivity contribution in [3.63, 3.8) is 0 Å². The third kappa shape index (κ3) is 6.07. The number of hydroxylamine groups is 2. The molecule has 0 aliphatic heterocycles. The fourth-order valence-electron chi connectivity index (χ4n) is 3.78. The number of amides is 1. The summed E-state index contributed by atoms with van der Waals surface area (Å²) in [6, 6.07) is 21.8. The molecule has 0 saturated carbocycles. The van der Waals surface area contributed by atoms with E-state index in [-0.39, 0.29) is 18.3 Å². The van der Waals surface area contributed by atoms with Gasteiger partial charge in [-0.1, -0.05) is 67.6 Å². The number of nitrogens with two attached hydrogens (primary N) is 1. The summed E-state index contributed by atoms with van der Waals surface area (Å²) < 4.78 is 25.3. The molecule has 8 nitrogen and oxygen atoms in total. The highest BCUT2D eigenvalue weighted by Gasteiger charge is 2.26. The minimum atomic E-state index is -2.53. The van der Waals surface area contributed by atoms with E-state index in [2.05, 4.69) is 4.72 Å². The van der Waals surface area contributed by atoms with E-state index < -0.39 is 17.2 Å². The fraction of sp³-hybridized carbons (Fsp3) is 0.200. The summed E-state index contributed by atoms with van der Waals surface area (Å²) >= 11 is -2.53. The molecule has 2 unspecified atom stereocenters. The molecule has 1 amide bonds. The minimum absolute atomic E-state index is 0.0575. The average Bonchev–Trinajstić information content (AvgIpc) is 2.83. The normalized spacial score (nSPS) is 12.6. The number of benzene rings is 3. The summed E-state index contributed by atoms with van der Waals surface area (Å²) in [6.07, 6.45) is 0.483. The summed E-state index contributed by atoms with van der Waals surface area (Å²) in [6.45, 7) is 2.06. The lowest BCUT2D eigenvalue weighted by Crippen LogP contribution is -2.34. The largest absolute Gasteiger partial charge is 0.755 e. The molecule has 4 N–H and O–H groups in total. The molecule has 3 aromatic rings. The zero-order valence-corrected chi connectivity index (χ0v) is 19.8. The Kier molecular flexibility index (Phi) is 8.53. The number of anilines is 1. The van der Waals surface area contributed by atoms with Crippen LogP contribution in [0.4, 0.5) is 5.69 Å². The van der Waals surface area contributed by atoms with Gasteiger partial charge in [0, 0.05) is 22.4 Å². The van der Waals surface area contributed by atoms with Crippen LogP contribution in [0.25, 0.3) is 11.1 Å². The molecule has 3 aromatic carbocycles. The van der Waals surface area contributed by atoms with E-state index >= 15 is 0 Å². The molecule has 0 aliphatic rings. The van der Waals surface area contributed by atoms with Gasteiger partial charge in [-0.05, 0) is 35.2 Å². The van der Waals surface area contributed by atoms with E-state index in [0.717, 1.165) is 11.1 Å². The van der Waals surface area contributed by atoms with Gasteiger partial charge in [0.1, 0.15) is 5.84 Å². The molecule has 34 heavy (non-hydrogen) atoms. The number of amidine groups is 1. The molecule has 0 spiro atoms. The van der Waals surface area contributed by atoms with Gasteiger partial charge in [-0.2, -0.15) is 0 Å². The molecule has 0 heterocycles. The van der Waals surface area contributed by atoms with E-state index in [1.807, 2.05) is 55.5 Å². The summed E-state index contributed by atoms with van der Waals surface area (Å²) in [4.78, 5) is 18.8. The molecule has 0 radical (unpaired) electrons. The summed E-state index contributed by atoms with van der Waals surface area (Å²) in [7, 11) is 1.42. The summed E-state index contributed by atoms with van der Waals surface area (Å²) in [5.41, 5.74) is 9.52. The van der Waals surface area contributed by atoms with Crippen LogP contribution in [0.15, 0.2) is 72.8 Å². The fourth-order valence-corrected chi connectivity index (χ4v) is 4.13. The average molecular weight is 480 g/mol. The van der Waals surface area contributed by atoms with E-state index in [1.165, 1.54) is 12.2 Å². The molecular formula is C25H27N4O4S-. The van der Waals surface area contributed by atoms with Gasteiger partial charge in [-0.3, -0.25) is 19.3 Å². The van der Waals surface area contributed by atoms with Crippen molar-refractivity contribution in [1.82, 2.24) is 5.06 Å². The molecule has 0 aromatic heterocycles. The molecule has 0 saturated heterocycles. The predicted octanol–water partition coefficient (Wildman–Crippen LogP) is 3.93. The summed E-state index contributed by atoms with van der Waals surface area (Å²) in [5, 5.41) is 8.88. The van der Waals surface area contributed by atoms with Crippen LogP contribution in [0.5, 0.6) is 0 Å². The maximum absolute atomic E-state index is 13.4. The standard InChI is InChI=1S/C25H28N4O4S/c1-3-21(25(30)29(33-2)16-17-8-7-11-20(14-17)24(26)27)19-12-13-22(18-9-5-4-6-10-18)23(15-19)28-34(31)32/h4-15,21,28H,3,16H2,1-2H3,(H3,26,27)(H,31,32)/p-1. The zero-order valence-electron chi connectivity index (χ0n) is 19.0. The van der Waals surface area contributed by atoms with Crippen molar-refractivity contribution in [2.24, 2.45) is 5.73 Å². The third-order valence-electron chi connectivity index (χ3n) is 5.46. The number of nitrogens with one attached hydrogen (secondary N) is 2. The van der Waals surface area contributed by atoms with Crippen molar-refractivity contribution in [1.29, 1.82) is 5.41 Å². The Bertz CT molecular complexity index is 1190. The number of hydrogen-bond acceptors (Lipinski definition) is 5. The second-order valence-electron chi connectivity index (χ2n) is 7.64. The van der Waals surface area contributed by atoms with Gasteiger partial charge < -0.3 is 15.0 Å². The highest BCUT2D eigenvalue weighted by molar-refractivity contribution is 7.80. The Morgan fingerprint density at radius 3 is 2.50 bits per heavy atom. The van der Waals surface area contributed by atoms with Crippen LogP contribution in [0.1, 0.15) is 36.0 Å². The highest BCUT2D eigenvalue weighted by Crippen LogP contribution is 2.33. The van der Waals surface area contributed by atoms with E-state index in [1.54, 1.807) is 24.3 Å². The maximum Gasteiger partial charge on any atom is 0.253 e. The van der Waals surface area contributed by atoms with Gasteiger partial charge in [0.25, 0.3) is 5.91 Å². The van der Waals surface area contributed by atoms with Crippen LogP contribution >= 0.6 is 0 Å². The molecule has 0 bridgehead atoms. The third-order valence-corrected chi connectivity index (χ3v) is 5.85. The lowest BCUT2D eigenvalue weighted by Gasteiger charge is -2.26. The Balaban J connectivity index is 1.91. The van der Waals surface area contributed by atoms with E-state index in [9.17, 15) is 13.6 Å². The van der Waals surface area contributed by atoms with Crippen molar-refractivity contribution >= 4 is 28.7 Å². The Morgan fingerprint density at radius 1 is 1.15 bits per heavy atom. The molecule has 3 rings (SSSR count). The number of rotatable bonds is 10. The molecule has 0 aliphatic carbocycles. The highest BCUT2D eigenvalue weighted by atomic mass is 32.2. The van der Waals surface area contributed by atoms with Crippen LogP contribution in [-0.2, 0) is 27.4 Å². The van der Waals surface area contributed by atoms with Crippen LogP contribution in [0.3, 0.4) is 0 Å². The van der Waals surface area contributed by atoms with E-state index in [0.29, 0.717) is 28.8 Å². The molecule has 9 heteroatoms. The van der Waals surface area contributed by atoms with Crippen LogP contribution in [-0.4, -0.2) is 32.7 Å². The second kappa shape index (κ2) is 11.6. The van der Waals surface area contributed by atoms with Gasteiger partial charge in [-0.15, -0.1) is 0 Å². The minimum Gasteiger partial charge on any atom is -0.755 e. The second-order valence-corrected chi connectivity index (χ2v) is 8.31. The van der Waals surface area contributed by atoms with Crippen molar-refractivity contribution in [3.8, 4) is 11.1 Å². The summed E-state index contributed by atoms with van der Waals surface area (Å²) in [5.74, 6) is -0.876. The van der Waals surface area contributed by atoms with Crippen LogP contribution in [0, 0.1) is 5.41 Å². The molecule has 2 atom stereocenters. The lowest BCUT2D eigenvalue weighted by molar-refractivity contribution is -0.181. The first-order valence-electron chi connectivity index (χ1n) is 10.7. The monoisotopic (exact) mass is 479 g/mol. The van der Waals surface area contributed by atoms with Crippen molar-refractivity contribution in [3.05, 3.63) is 89.5 Å². The number of nitrogens with zero attached hydrogens (tertiary/aromatic N) is 1. The van der Waals surface area contributed by atoms with Gasteiger partial charge >= 0.3 is 0 Å². The van der Waals surface area contributed by atoms with Gasteiger partial charge in [0.15, 0.2) is 0 Å².